The Morgan fingerprint density at radius 1 is 1.25 bits per heavy atom. The van der Waals surface area contributed by atoms with Crippen LogP contribution in [0.1, 0.15) is 43.2 Å². The largest absolute Gasteiger partial charge is 0.326 e. The summed E-state index contributed by atoms with van der Waals surface area (Å²) < 4.78 is 0. The first-order chi connectivity index (χ1) is 9.54. The third kappa shape index (κ3) is 4.34. The first kappa shape index (κ1) is 15.0. The molecule has 1 aromatic carbocycles. The molecular weight excluding hydrogens is 248 g/mol. The zero-order chi connectivity index (χ0) is 14.5. The van der Waals surface area contributed by atoms with Crippen molar-refractivity contribution in [1.29, 1.82) is 0 Å². The van der Waals surface area contributed by atoms with Gasteiger partial charge in [0.15, 0.2) is 0 Å². The summed E-state index contributed by atoms with van der Waals surface area (Å²) in [5, 5.41) is 3.02. The van der Waals surface area contributed by atoms with Gasteiger partial charge in [-0.25, -0.2) is 0 Å². The maximum atomic E-state index is 12.1. The number of likely N-dealkylation sites (tertiary alicyclic amines) is 1. The Bertz CT molecular complexity index is 450. The fraction of sp³-hybridized carbons (Fsp3) is 0.588. The van der Waals surface area contributed by atoms with Gasteiger partial charge in [0.05, 0.1) is 0 Å². The van der Waals surface area contributed by atoms with Crippen LogP contribution in [0.4, 0.5) is 5.69 Å². The molecular formula is C17H26N2O. The van der Waals surface area contributed by atoms with E-state index in [0.29, 0.717) is 12.5 Å². The van der Waals surface area contributed by atoms with Gasteiger partial charge in [-0.2, -0.15) is 0 Å². The molecule has 1 aliphatic heterocycles. The summed E-state index contributed by atoms with van der Waals surface area (Å²) in [4.78, 5) is 14.5. The van der Waals surface area contributed by atoms with Crippen LogP contribution in [-0.4, -0.2) is 30.4 Å². The summed E-state index contributed by atoms with van der Waals surface area (Å²) >= 11 is 0. The lowest BCUT2D eigenvalue weighted by Gasteiger charge is -2.32. The minimum Gasteiger partial charge on any atom is -0.326 e. The second-order valence-electron chi connectivity index (χ2n) is 6.09. The number of carbonyl (C=O) groups excluding carboxylic acids is 1. The summed E-state index contributed by atoms with van der Waals surface area (Å²) in [5.74, 6) is 0.133. The van der Waals surface area contributed by atoms with Gasteiger partial charge in [0.25, 0.3) is 0 Å². The van der Waals surface area contributed by atoms with Gasteiger partial charge in [-0.3, -0.25) is 4.79 Å². The highest BCUT2D eigenvalue weighted by Gasteiger charge is 2.19. The van der Waals surface area contributed by atoms with Crippen LogP contribution in [0.5, 0.6) is 0 Å². The Hall–Kier alpha value is -1.35. The summed E-state index contributed by atoms with van der Waals surface area (Å²) in [5.41, 5.74) is 3.30. The molecule has 0 aromatic heterocycles. The van der Waals surface area contributed by atoms with E-state index in [-0.39, 0.29) is 5.91 Å². The molecule has 0 bridgehead atoms. The third-order valence-corrected chi connectivity index (χ3v) is 4.13. The average Bonchev–Trinajstić information content (AvgIpc) is 2.36. The Morgan fingerprint density at radius 2 is 1.95 bits per heavy atom. The van der Waals surface area contributed by atoms with Crippen molar-refractivity contribution in [3.8, 4) is 0 Å². The van der Waals surface area contributed by atoms with Crippen molar-refractivity contribution in [1.82, 2.24) is 4.90 Å². The maximum absolute atomic E-state index is 12.1. The van der Waals surface area contributed by atoms with Gasteiger partial charge in [0.2, 0.25) is 5.91 Å². The lowest BCUT2D eigenvalue weighted by atomic mass is 9.98. The van der Waals surface area contributed by atoms with E-state index in [0.717, 1.165) is 12.1 Å². The number of anilines is 1. The number of nitrogens with zero attached hydrogens (tertiary/aromatic N) is 1. The second kappa shape index (κ2) is 6.89. The number of rotatable bonds is 4. The molecule has 20 heavy (non-hydrogen) atoms. The molecule has 1 saturated heterocycles. The second-order valence-corrected chi connectivity index (χ2v) is 6.09. The standard InChI is InChI=1S/C17H26N2O/c1-13-10-14(2)12-15(11-13)18-17(20)8-7-16-6-4-5-9-19(16)3/h10-12,16H,4-9H2,1-3H3,(H,18,20). The van der Waals surface area contributed by atoms with E-state index in [1.165, 1.54) is 36.9 Å². The highest BCUT2D eigenvalue weighted by Crippen LogP contribution is 2.20. The molecule has 3 heteroatoms. The highest BCUT2D eigenvalue weighted by atomic mass is 16.1. The number of hydrogen-bond donors (Lipinski definition) is 1. The number of amides is 1. The quantitative estimate of drug-likeness (QED) is 0.911. The van der Waals surface area contributed by atoms with Crippen molar-refractivity contribution in [3.05, 3.63) is 29.3 Å². The zero-order valence-electron chi connectivity index (χ0n) is 12.9. The van der Waals surface area contributed by atoms with Crippen molar-refractivity contribution < 1.29 is 4.79 Å². The van der Waals surface area contributed by atoms with Crippen LogP contribution in [0.3, 0.4) is 0 Å². The summed E-state index contributed by atoms with van der Waals surface area (Å²) in [6.45, 7) is 5.28. The van der Waals surface area contributed by atoms with Gasteiger partial charge < -0.3 is 10.2 Å². The van der Waals surface area contributed by atoms with Crippen LogP contribution in [0.25, 0.3) is 0 Å². The summed E-state index contributed by atoms with van der Waals surface area (Å²) in [7, 11) is 2.17. The molecule has 1 amide bonds. The van der Waals surface area contributed by atoms with E-state index in [2.05, 4.69) is 37.2 Å². The topological polar surface area (TPSA) is 32.3 Å². The van der Waals surface area contributed by atoms with Crippen molar-refractivity contribution in [2.24, 2.45) is 0 Å². The van der Waals surface area contributed by atoms with Gasteiger partial charge in [0.1, 0.15) is 0 Å². The lowest BCUT2D eigenvalue weighted by molar-refractivity contribution is -0.116. The molecule has 1 aromatic rings. The van der Waals surface area contributed by atoms with E-state index in [4.69, 9.17) is 0 Å². The molecule has 1 fully saturated rings. The molecule has 0 spiro atoms. The van der Waals surface area contributed by atoms with Crippen LogP contribution >= 0.6 is 0 Å². The Balaban J connectivity index is 1.83. The molecule has 1 N–H and O–H groups in total. The van der Waals surface area contributed by atoms with Gasteiger partial charge in [-0.15, -0.1) is 0 Å². The minimum atomic E-state index is 0.133. The van der Waals surface area contributed by atoms with E-state index < -0.39 is 0 Å². The van der Waals surface area contributed by atoms with Crippen molar-refractivity contribution in [2.75, 3.05) is 18.9 Å². The smallest absolute Gasteiger partial charge is 0.224 e. The molecule has 110 valence electrons. The lowest BCUT2D eigenvalue weighted by Crippen LogP contribution is -2.36. The SMILES string of the molecule is Cc1cc(C)cc(NC(=O)CCC2CCCCN2C)c1. The van der Waals surface area contributed by atoms with Crippen LogP contribution in [0, 0.1) is 13.8 Å². The molecule has 0 aliphatic carbocycles. The van der Waals surface area contributed by atoms with Crippen molar-refractivity contribution in [3.63, 3.8) is 0 Å². The fourth-order valence-corrected chi connectivity index (χ4v) is 3.08. The van der Waals surface area contributed by atoms with Gasteiger partial charge in [0, 0.05) is 18.2 Å². The number of hydrogen-bond acceptors (Lipinski definition) is 2. The number of piperidine rings is 1. The number of benzene rings is 1. The van der Waals surface area contributed by atoms with Crippen LogP contribution < -0.4 is 5.32 Å². The molecule has 1 unspecified atom stereocenters. The van der Waals surface area contributed by atoms with Gasteiger partial charge in [-0.05, 0) is 70.0 Å². The third-order valence-electron chi connectivity index (χ3n) is 4.13. The molecule has 2 rings (SSSR count). The monoisotopic (exact) mass is 274 g/mol. The van der Waals surface area contributed by atoms with Gasteiger partial charge >= 0.3 is 0 Å². The van der Waals surface area contributed by atoms with E-state index in [1.54, 1.807) is 0 Å². The van der Waals surface area contributed by atoms with E-state index in [9.17, 15) is 4.79 Å². The van der Waals surface area contributed by atoms with E-state index >= 15 is 0 Å². The number of nitrogens with one attached hydrogen (secondary N) is 1. The van der Waals surface area contributed by atoms with Gasteiger partial charge in [-0.1, -0.05) is 12.5 Å². The van der Waals surface area contributed by atoms with Crippen LogP contribution in [0.15, 0.2) is 18.2 Å². The fourth-order valence-electron chi connectivity index (χ4n) is 3.08. The first-order valence-corrected chi connectivity index (χ1v) is 7.63. The predicted octanol–water partition coefficient (Wildman–Crippen LogP) is 3.51. The normalized spacial score (nSPS) is 19.9. The average molecular weight is 274 g/mol. The first-order valence-electron chi connectivity index (χ1n) is 7.63. The van der Waals surface area contributed by atoms with Crippen molar-refractivity contribution in [2.45, 2.75) is 52.0 Å². The highest BCUT2D eigenvalue weighted by molar-refractivity contribution is 5.90. The summed E-state index contributed by atoms with van der Waals surface area (Å²) in [6, 6.07) is 6.75. The Kier molecular flexibility index (Phi) is 5.18. The molecule has 3 nitrogen and oxygen atoms in total. The Labute approximate surface area is 122 Å². The van der Waals surface area contributed by atoms with Crippen LogP contribution in [-0.2, 0) is 4.79 Å². The number of aryl methyl sites for hydroxylation is 2. The zero-order valence-corrected chi connectivity index (χ0v) is 12.9. The van der Waals surface area contributed by atoms with Crippen LogP contribution in [0.2, 0.25) is 0 Å². The Morgan fingerprint density at radius 3 is 2.60 bits per heavy atom. The minimum absolute atomic E-state index is 0.133. The maximum Gasteiger partial charge on any atom is 0.224 e. The molecule has 1 heterocycles. The summed E-state index contributed by atoms with van der Waals surface area (Å²) in [6.07, 6.45) is 5.40. The number of carbonyl (C=O) groups is 1. The molecule has 1 atom stereocenters. The molecule has 0 radical (unpaired) electrons. The van der Waals surface area contributed by atoms with Crippen molar-refractivity contribution >= 4 is 11.6 Å². The predicted molar refractivity (Wildman–Crippen MR) is 84.0 cm³/mol. The van der Waals surface area contributed by atoms with E-state index in [1.807, 2.05) is 12.1 Å². The molecule has 0 saturated carbocycles. The molecule has 1 aliphatic rings.